The van der Waals surface area contributed by atoms with Crippen LogP contribution in [0.3, 0.4) is 0 Å². The van der Waals surface area contributed by atoms with Crippen molar-refractivity contribution in [3.63, 3.8) is 0 Å². The molecule has 1 atom stereocenters. The minimum atomic E-state index is 0.666. The van der Waals surface area contributed by atoms with Gasteiger partial charge in [0, 0.05) is 31.5 Å². The Balaban J connectivity index is 1.78. The fourth-order valence-corrected chi connectivity index (χ4v) is 2.50. The molecule has 0 bridgehead atoms. The van der Waals surface area contributed by atoms with E-state index in [0.29, 0.717) is 6.04 Å². The van der Waals surface area contributed by atoms with E-state index in [2.05, 4.69) is 28.3 Å². The first-order valence-electron chi connectivity index (χ1n) is 6.65. The van der Waals surface area contributed by atoms with Crippen LogP contribution in [0.5, 0.6) is 0 Å². The molecule has 1 aliphatic rings. The third-order valence-electron chi connectivity index (χ3n) is 3.37. The van der Waals surface area contributed by atoms with E-state index in [9.17, 15) is 0 Å². The van der Waals surface area contributed by atoms with Gasteiger partial charge < -0.3 is 10.2 Å². The molecule has 1 aromatic rings. The average Bonchev–Trinajstić information content (AvgIpc) is 2.59. The van der Waals surface area contributed by atoms with Gasteiger partial charge in [-0.25, -0.2) is 0 Å². The van der Waals surface area contributed by atoms with Crippen molar-refractivity contribution in [2.75, 3.05) is 20.1 Å². The molecular formula is C14H23N3. The molecule has 0 saturated carbocycles. The fourth-order valence-electron chi connectivity index (χ4n) is 2.50. The van der Waals surface area contributed by atoms with E-state index in [0.717, 1.165) is 13.1 Å². The smallest absolute Gasteiger partial charge is 0.0312 e. The molecule has 1 unspecified atom stereocenters. The van der Waals surface area contributed by atoms with E-state index < -0.39 is 0 Å². The van der Waals surface area contributed by atoms with Crippen molar-refractivity contribution in [2.24, 2.45) is 0 Å². The van der Waals surface area contributed by atoms with Gasteiger partial charge >= 0.3 is 0 Å². The van der Waals surface area contributed by atoms with Crippen LogP contribution in [0.15, 0.2) is 24.5 Å². The van der Waals surface area contributed by atoms with Crippen LogP contribution in [-0.4, -0.2) is 36.1 Å². The fraction of sp³-hybridized carbons (Fsp3) is 0.643. The SMILES string of the molecule is CN(Cc1cccnc1)CC1CCCCCN1. The standard InChI is InChI=1S/C14H23N3/c1-17(11-13-6-5-8-15-10-13)12-14-7-3-2-4-9-16-14/h5-6,8,10,14,16H,2-4,7,9,11-12H2,1H3. The van der Waals surface area contributed by atoms with Gasteiger partial charge in [0.2, 0.25) is 0 Å². The van der Waals surface area contributed by atoms with E-state index in [1.54, 1.807) is 0 Å². The molecule has 2 heterocycles. The molecule has 2 rings (SSSR count). The van der Waals surface area contributed by atoms with Crippen molar-refractivity contribution in [3.8, 4) is 0 Å². The van der Waals surface area contributed by atoms with Crippen molar-refractivity contribution in [1.29, 1.82) is 0 Å². The lowest BCUT2D eigenvalue weighted by Gasteiger charge is -2.23. The first kappa shape index (κ1) is 12.5. The quantitative estimate of drug-likeness (QED) is 0.862. The van der Waals surface area contributed by atoms with Gasteiger partial charge in [0.05, 0.1) is 0 Å². The summed E-state index contributed by atoms with van der Waals surface area (Å²) in [5.41, 5.74) is 1.30. The van der Waals surface area contributed by atoms with Crippen LogP contribution < -0.4 is 5.32 Å². The molecular weight excluding hydrogens is 210 g/mol. The predicted molar refractivity (Wildman–Crippen MR) is 70.8 cm³/mol. The van der Waals surface area contributed by atoms with Gasteiger partial charge in [0.15, 0.2) is 0 Å². The molecule has 0 amide bonds. The zero-order valence-corrected chi connectivity index (χ0v) is 10.7. The highest BCUT2D eigenvalue weighted by molar-refractivity contribution is 5.07. The Morgan fingerprint density at radius 2 is 2.35 bits per heavy atom. The highest BCUT2D eigenvalue weighted by Crippen LogP contribution is 2.10. The van der Waals surface area contributed by atoms with Crippen molar-refractivity contribution in [1.82, 2.24) is 15.2 Å². The zero-order valence-electron chi connectivity index (χ0n) is 10.7. The Labute approximate surface area is 104 Å². The first-order valence-corrected chi connectivity index (χ1v) is 6.65. The van der Waals surface area contributed by atoms with Crippen LogP contribution in [0.2, 0.25) is 0 Å². The Kier molecular flexibility index (Phi) is 4.95. The van der Waals surface area contributed by atoms with Crippen molar-refractivity contribution < 1.29 is 0 Å². The second-order valence-corrected chi connectivity index (χ2v) is 5.06. The number of pyridine rings is 1. The van der Waals surface area contributed by atoms with Gasteiger partial charge in [-0.3, -0.25) is 4.98 Å². The lowest BCUT2D eigenvalue weighted by Crippen LogP contribution is -2.38. The molecule has 17 heavy (non-hydrogen) atoms. The summed E-state index contributed by atoms with van der Waals surface area (Å²) < 4.78 is 0. The third kappa shape index (κ3) is 4.44. The summed E-state index contributed by atoms with van der Waals surface area (Å²) in [6, 6.07) is 4.82. The van der Waals surface area contributed by atoms with Crippen LogP contribution in [0.25, 0.3) is 0 Å². The Bertz CT molecular complexity index is 305. The number of nitrogens with one attached hydrogen (secondary N) is 1. The minimum absolute atomic E-state index is 0.666. The van der Waals surface area contributed by atoms with Gasteiger partial charge in [-0.1, -0.05) is 18.9 Å². The van der Waals surface area contributed by atoms with Crippen molar-refractivity contribution in [2.45, 2.75) is 38.3 Å². The largest absolute Gasteiger partial charge is 0.313 e. The molecule has 3 heteroatoms. The summed E-state index contributed by atoms with van der Waals surface area (Å²) in [6.07, 6.45) is 9.20. The molecule has 1 fully saturated rings. The van der Waals surface area contributed by atoms with E-state index in [-0.39, 0.29) is 0 Å². The average molecular weight is 233 g/mol. The molecule has 1 N–H and O–H groups in total. The molecule has 0 aromatic carbocycles. The number of hydrogen-bond donors (Lipinski definition) is 1. The molecule has 3 nitrogen and oxygen atoms in total. The van der Waals surface area contributed by atoms with Gasteiger partial charge in [0.1, 0.15) is 0 Å². The number of nitrogens with zero attached hydrogens (tertiary/aromatic N) is 2. The second-order valence-electron chi connectivity index (χ2n) is 5.06. The summed E-state index contributed by atoms with van der Waals surface area (Å²) in [6.45, 7) is 3.31. The van der Waals surface area contributed by atoms with Crippen LogP contribution in [0.1, 0.15) is 31.2 Å². The predicted octanol–water partition coefficient (Wildman–Crippen LogP) is 2.05. The lowest BCUT2D eigenvalue weighted by atomic mass is 10.1. The van der Waals surface area contributed by atoms with Gasteiger partial charge in [-0.05, 0) is 38.1 Å². The topological polar surface area (TPSA) is 28.2 Å². The van der Waals surface area contributed by atoms with E-state index >= 15 is 0 Å². The number of likely N-dealkylation sites (N-methyl/N-ethyl adjacent to an activating group) is 1. The summed E-state index contributed by atoms with van der Waals surface area (Å²) in [7, 11) is 2.19. The minimum Gasteiger partial charge on any atom is -0.313 e. The maximum atomic E-state index is 4.16. The zero-order chi connectivity index (χ0) is 11.9. The normalized spacial score (nSPS) is 21.4. The van der Waals surface area contributed by atoms with Crippen LogP contribution in [-0.2, 0) is 6.54 Å². The number of rotatable bonds is 4. The lowest BCUT2D eigenvalue weighted by molar-refractivity contribution is 0.278. The molecule has 1 saturated heterocycles. The Morgan fingerprint density at radius 1 is 1.41 bits per heavy atom. The maximum Gasteiger partial charge on any atom is 0.0312 e. The second kappa shape index (κ2) is 6.72. The number of aromatic nitrogens is 1. The number of hydrogen-bond acceptors (Lipinski definition) is 3. The molecule has 0 radical (unpaired) electrons. The Morgan fingerprint density at radius 3 is 3.18 bits per heavy atom. The van der Waals surface area contributed by atoms with Gasteiger partial charge in [-0.15, -0.1) is 0 Å². The maximum absolute atomic E-state index is 4.16. The van der Waals surface area contributed by atoms with Gasteiger partial charge in [0.25, 0.3) is 0 Å². The molecule has 1 aliphatic heterocycles. The first-order chi connectivity index (χ1) is 8.34. The molecule has 0 aliphatic carbocycles. The molecule has 94 valence electrons. The summed E-state index contributed by atoms with van der Waals surface area (Å²) in [5, 5.41) is 3.64. The Hall–Kier alpha value is -0.930. The van der Waals surface area contributed by atoms with Crippen LogP contribution in [0, 0.1) is 0 Å². The molecule has 1 aromatic heterocycles. The highest BCUT2D eigenvalue weighted by Gasteiger charge is 2.13. The molecule has 0 spiro atoms. The van der Waals surface area contributed by atoms with Crippen LogP contribution in [0.4, 0.5) is 0 Å². The summed E-state index contributed by atoms with van der Waals surface area (Å²) in [4.78, 5) is 6.55. The van der Waals surface area contributed by atoms with E-state index in [1.807, 2.05) is 18.5 Å². The van der Waals surface area contributed by atoms with E-state index in [1.165, 1.54) is 37.8 Å². The summed E-state index contributed by atoms with van der Waals surface area (Å²) >= 11 is 0. The van der Waals surface area contributed by atoms with Crippen molar-refractivity contribution in [3.05, 3.63) is 30.1 Å². The third-order valence-corrected chi connectivity index (χ3v) is 3.37. The van der Waals surface area contributed by atoms with Crippen molar-refractivity contribution >= 4 is 0 Å². The van der Waals surface area contributed by atoms with E-state index in [4.69, 9.17) is 0 Å². The summed E-state index contributed by atoms with van der Waals surface area (Å²) in [5.74, 6) is 0. The highest BCUT2D eigenvalue weighted by atomic mass is 15.1. The van der Waals surface area contributed by atoms with Gasteiger partial charge in [-0.2, -0.15) is 0 Å². The monoisotopic (exact) mass is 233 g/mol. The van der Waals surface area contributed by atoms with Crippen LogP contribution >= 0.6 is 0 Å².